The van der Waals surface area contributed by atoms with Gasteiger partial charge in [0.1, 0.15) is 12.4 Å². The Morgan fingerprint density at radius 3 is 3.04 bits per heavy atom. The summed E-state index contributed by atoms with van der Waals surface area (Å²) in [5.74, 6) is 0.771. The minimum Gasteiger partial charge on any atom is -0.366 e. The number of benzene rings is 1. The summed E-state index contributed by atoms with van der Waals surface area (Å²) in [5, 5.41) is 8.13. The first-order valence-electron chi connectivity index (χ1n) is 8.75. The number of aromatic nitrogens is 3. The van der Waals surface area contributed by atoms with Crippen LogP contribution in [0.2, 0.25) is 0 Å². The molecule has 2 aliphatic rings. The van der Waals surface area contributed by atoms with E-state index >= 15 is 0 Å². The molecule has 0 aliphatic carbocycles. The van der Waals surface area contributed by atoms with E-state index in [9.17, 15) is 4.79 Å². The van der Waals surface area contributed by atoms with Gasteiger partial charge in [-0.25, -0.2) is 0 Å². The van der Waals surface area contributed by atoms with Crippen molar-refractivity contribution in [3.05, 3.63) is 47.5 Å². The third-order valence-corrected chi connectivity index (χ3v) is 4.87. The van der Waals surface area contributed by atoms with E-state index in [2.05, 4.69) is 16.3 Å². The molecule has 2 aliphatic heterocycles. The highest BCUT2D eigenvalue weighted by Gasteiger charge is 2.35. The molecule has 1 fully saturated rings. The van der Waals surface area contributed by atoms with Gasteiger partial charge in [0, 0.05) is 13.1 Å². The molecule has 2 aromatic rings. The summed E-state index contributed by atoms with van der Waals surface area (Å²) < 4.78 is 13.6. The van der Waals surface area contributed by atoms with Crippen LogP contribution < -0.4 is 0 Å². The largest absolute Gasteiger partial charge is 0.366 e. The number of morpholine rings is 1. The molecule has 4 rings (SSSR count). The Labute approximate surface area is 146 Å². The van der Waals surface area contributed by atoms with Crippen molar-refractivity contribution < 1.29 is 14.3 Å². The SMILES string of the molecule is CCn1cnnc1[C@H]1CN(C(=O)[C@H]2OCCc3ccccc32)CCO1. The fourth-order valence-corrected chi connectivity index (χ4v) is 3.53. The van der Waals surface area contributed by atoms with Crippen LogP contribution in [0, 0.1) is 0 Å². The number of rotatable bonds is 3. The van der Waals surface area contributed by atoms with E-state index in [1.807, 2.05) is 34.6 Å². The van der Waals surface area contributed by atoms with Gasteiger partial charge in [0.2, 0.25) is 0 Å². The second-order valence-electron chi connectivity index (χ2n) is 6.32. The second kappa shape index (κ2) is 6.93. The van der Waals surface area contributed by atoms with E-state index in [4.69, 9.17) is 9.47 Å². The molecule has 7 heteroatoms. The van der Waals surface area contributed by atoms with Gasteiger partial charge in [-0.3, -0.25) is 4.79 Å². The average Bonchev–Trinajstić information content (AvgIpc) is 3.16. The van der Waals surface area contributed by atoms with Crippen molar-refractivity contribution in [1.29, 1.82) is 0 Å². The first kappa shape index (κ1) is 16.2. The fraction of sp³-hybridized carbons (Fsp3) is 0.500. The van der Waals surface area contributed by atoms with Gasteiger partial charge in [0.25, 0.3) is 5.91 Å². The smallest absolute Gasteiger partial charge is 0.256 e. The summed E-state index contributed by atoms with van der Waals surface area (Å²) in [7, 11) is 0. The van der Waals surface area contributed by atoms with Crippen LogP contribution in [-0.2, 0) is 27.2 Å². The van der Waals surface area contributed by atoms with Crippen LogP contribution in [0.4, 0.5) is 0 Å². The molecule has 0 spiro atoms. The van der Waals surface area contributed by atoms with E-state index in [1.54, 1.807) is 6.33 Å². The first-order valence-corrected chi connectivity index (χ1v) is 8.75. The standard InChI is InChI=1S/C18H22N4O3/c1-2-21-12-19-20-17(21)15-11-22(8-10-24-15)18(23)16-14-6-4-3-5-13(14)7-9-25-16/h3-6,12,15-16H,2,7-11H2,1H3/t15-,16+/m1/s1. The highest BCUT2D eigenvalue weighted by Crippen LogP contribution is 2.30. The van der Waals surface area contributed by atoms with Gasteiger partial charge in [-0.2, -0.15) is 0 Å². The van der Waals surface area contributed by atoms with Gasteiger partial charge >= 0.3 is 0 Å². The van der Waals surface area contributed by atoms with Crippen LogP contribution in [-0.4, -0.2) is 51.9 Å². The third-order valence-electron chi connectivity index (χ3n) is 4.87. The highest BCUT2D eigenvalue weighted by molar-refractivity contribution is 5.83. The van der Waals surface area contributed by atoms with E-state index in [0.717, 1.165) is 24.4 Å². The van der Waals surface area contributed by atoms with Crippen LogP contribution in [0.25, 0.3) is 0 Å². The quantitative estimate of drug-likeness (QED) is 0.846. The molecule has 7 nitrogen and oxygen atoms in total. The Kier molecular flexibility index (Phi) is 4.50. The van der Waals surface area contributed by atoms with Crippen LogP contribution in [0.5, 0.6) is 0 Å². The Morgan fingerprint density at radius 1 is 1.28 bits per heavy atom. The molecular weight excluding hydrogens is 320 g/mol. The van der Waals surface area contributed by atoms with Gasteiger partial charge < -0.3 is 18.9 Å². The number of hydrogen-bond donors (Lipinski definition) is 0. The number of amides is 1. The molecule has 0 saturated carbocycles. The van der Waals surface area contributed by atoms with Crippen molar-refractivity contribution in [2.24, 2.45) is 0 Å². The number of carbonyl (C=O) groups excluding carboxylic acids is 1. The van der Waals surface area contributed by atoms with Crippen molar-refractivity contribution in [3.63, 3.8) is 0 Å². The molecule has 3 heterocycles. The molecule has 1 aromatic heterocycles. The summed E-state index contributed by atoms with van der Waals surface area (Å²) >= 11 is 0. The zero-order chi connectivity index (χ0) is 17.2. The number of fused-ring (bicyclic) bond motifs is 1. The Balaban J connectivity index is 1.53. The lowest BCUT2D eigenvalue weighted by molar-refractivity contribution is -0.153. The lowest BCUT2D eigenvalue weighted by Crippen LogP contribution is -2.46. The molecule has 25 heavy (non-hydrogen) atoms. The van der Waals surface area contributed by atoms with Crippen molar-refractivity contribution >= 4 is 5.91 Å². The molecule has 2 atom stereocenters. The van der Waals surface area contributed by atoms with Crippen molar-refractivity contribution in [2.45, 2.75) is 32.1 Å². The molecule has 132 valence electrons. The normalized spacial score (nSPS) is 23.3. The summed E-state index contributed by atoms with van der Waals surface area (Å²) in [6, 6.07) is 8.03. The maximum Gasteiger partial charge on any atom is 0.256 e. The van der Waals surface area contributed by atoms with Gasteiger partial charge in [-0.1, -0.05) is 24.3 Å². The molecule has 1 aromatic carbocycles. The number of hydrogen-bond acceptors (Lipinski definition) is 5. The monoisotopic (exact) mass is 342 g/mol. The van der Waals surface area contributed by atoms with Gasteiger partial charge in [-0.15, -0.1) is 10.2 Å². The van der Waals surface area contributed by atoms with Crippen molar-refractivity contribution in [1.82, 2.24) is 19.7 Å². The average molecular weight is 342 g/mol. The maximum absolute atomic E-state index is 13.1. The van der Waals surface area contributed by atoms with Crippen LogP contribution in [0.3, 0.4) is 0 Å². The zero-order valence-electron chi connectivity index (χ0n) is 14.3. The van der Waals surface area contributed by atoms with Gasteiger partial charge in [0.05, 0.1) is 19.8 Å². The number of ether oxygens (including phenoxy) is 2. The number of aryl methyl sites for hydroxylation is 1. The predicted molar refractivity (Wildman–Crippen MR) is 89.8 cm³/mol. The summed E-state index contributed by atoms with van der Waals surface area (Å²) in [5.41, 5.74) is 2.18. The molecule has 1 saturated heterocycles. The molecular formula is C18H22N4O3. The predicted octanol–water partition coefficient (Wildman–Crippen LogP) is 1.51. The lowest BCUT2D eigenvalue weighted by atomic mass is 9.96. The van der Waals surface area contributed by atoms with Gasteiger partial charge in [0.15, 0.2) is 11.9 Å². The minimum atomic E-state index is -0.521. The number of nitrogens with zero attached hydrogens (tertiary/aromatic N) is 4. The summed E-state index contributed by atoms with van der Waals surface area (Å²) in [4.78, 5) is 14.9. The fourth-order valence-electron chi connectivity index (χ4n) is 3.53. The van der Waals surface area contributed by atoms with Crippen molar-refractivity contribution in [3.8, 4) is 0 Å². The Bertz CT molecular complexity index is 760. The molecule has 1 amide bonds. The molecule has 0 unspecified atom stereocenters. The Morgan fingerprint density at radius 2 is 2.16 bits per heavy atom. The first-order chi connectivity index (χ1) is 12.3. The van der Waals surface area contributed by atoms with E-state index < -0.39 is 6.10 Å². The minimum absolute atomic E-state index is 0.00279. The molecule has 0 radical (unpaired) electrons. The zero-order valence-corrected chi connectivity index (χ0v) is 14.3. The van der Waals surface area contributed by atoms with Crippen LogP contribution in [0.15, 0.2) is 30.6 Å². The molecule has 0 N–H and O–H groups in total. The summed E-state index contributed by atoms with van der Waals surface area (Å²) in [6.45, 7) is 4.91. The van der Waals surface area contributed by atoms with Gasteiger partial charge in [-0.05, 0) is 24.5 Å². The molecule has 0 bridgehead atoms. The third kappa shape index (κ3) is 3.05. The summed E-state index contributed by atoms with van der Waals surface area (Å²) in [6.07, 6.45) is 1.78. The van der Waals surface area contributed by atoms with Crippen molar-refractivity contribution in [2.75, 3.05) is 26.3 Å². The van der Waals surface area contributed by atoms with E-state index in [0.29, 0.717) is 26.3 Å². The highest BCUT2D eigenvalue weighted by atomic mass is 16.5. The maximum atomic E-state index is 13.1. The van der Waals surface area contributed by atoms with E-state index in [-0.39, 0.29) is 12.0 Å². The Hall–Kier alpha value is -2.25. The van der Waals surface area contributed by atoms with Crippen LogP contribution >= 0.6 is 0 Å². The lowest BCUT2D eigenvalue weighted by Gasteiger charge is -2.36. The number of carbonyl (C=O) groups is 1. The topological polar surface area (TPSA) is 69.5 Å². The second-order valence-corrected chi connectivity index (χ2v) is 6.32. The van der Waals surface area contributed by atoms with E-state index in [1.165, 1.54) is 5.56 Å². The van der Waals surface area contributed by atoms with Crippen LogP contribution in [0.1, 0.15) is 36.1 Å².